The molecule has 3 rings (SSSR count). The summed E-state index contributed by atoms with van der Waals surface area (Å²) in [6.07, 6.45) is 8.24. The molecular weight excluding hydrogens is 256 g/mol. The molecule has 1 aliphatic carbocycles. The Labute approximate surface area is 129 Å². The predicted molar refractivity (Wildman–Crippen MR) is 91.0 cm³/mol. The first-order valence-corrected chi connectivity index (χ1v) is 8.82. The Hall–Kier alpha value is -1.02. The zero-order valence-electron chi connectivity index (χ0n) is 13.6. The van der Waals surface area contributed by atoms with Gasteiger partial charge in [-0.05, 0) is 43.7 Å². The number of anilines is 1. The molecule has 1 aromatic carbocycles. The first-order valence-electron chi connectivity index (χ1n) is 8.82. The standard InChI is InChI=1S/C19H30N2/c1-15-12-17-8-6-7-11-19(17)21(14-15)16(2)13-20-18-9-4-3-5-10-18/h6-8,11,15-16,18,20H,3-5,9-10,12-14H2,1-2H3. The van der Waals surface area contributed by atoms with Gasteiger partial charge in [-0.25, -0.2) is 0 Å². The third kappa shape index (κ3) is 3.60. The Kier molecular flexibility index (Phi) is 4.84. The Morgan fingerprint density at radius 2 is 1.95 bits per heavy atom. The number of rotatable bonds is 4. The molecule has 1 heterocycles. The van der Waals surface area contributed by atoms with E-state index in [9.17, 15) is 0 Å². The first-order chi connectivity index (χ1) is 10.2. The normalized spacial score (nSPS) is 24.7. The SMILES string of the molecule is CC1Cc2ccccc2N(C(C)CNC2CCCCC2)C1. The van der Waals surface area contributed by atoms with Crippen LogP contribution in [0.1, 0.15) is 51.5 Å². The van der Waals surface area contributed by atoms with Gasteiger partial charge in [-0.15, -0.1) is 0 Å². The fraction of sp³-hybridized carbons (Fsp3) is 0.684. The van der Waals surface area contributed by atoms with Gasteiger partial charge in [0.2, 0.25) is 0 Å². The van der Waals surface area contributed by atoms with Crippen molar-refractivity contribution in [1.82, 2.24) is 5.32 Å². The van der Waals surface area contributed by atoms with E-state index in [4.69, 9.17) is 0 Å². The molecule has 1 aliphatic heterocycles. The van der Waals surface area contributed by atoms with Crippen LogP contribution in [0.5, 0.6) is 0 Å². The van der Waals surface area contributed by atoms with Gasteiger partial charge in [-0.1, -0.05) is 44.4 Å². The van der Waals surface area contributed by atoms with Crippen molar-refractivity contribution in [2.45, 2.75) is 64.5 Å². The lowest BCUT2D eigenvalue weighted by atomic mass is 9.92. The zero-order chi connectivity index (χ0) is 14.7. The number of fused-ring (bicyclic) bond motifs is 1. The van der Waals surface area contributed by atoms with Crippen molar-refractivity contribution in [3.8, 4) is 0 Å². The van der Waals surface area contributed by atoms with E-state index < -0.39 is 0 Å². The molecule has 2 aliphatic rings. The van der Waals surface area contributed by atoms with Crippen LogP contribution in [0, 0.1) is 5.92 Å². The van der Waals surface area contributed by atoms with Crippen LogP contribution in [-0.2, 0) is 6.42 Å². The second-order valence-electron chi connectivity index (χ2n) is 7.18. The molecule has 0 radical (unpaired) electrons. The van der Waals surface area contributed by atoms with Crippen molar-refractivity contribution < 1.29 is 0 Å². The Morgan fingerprint density at radius 3 is 2.76 bits per heavy atom. The maximum atomic E-state index is 3.82. The third-order valence-electron chi connectivity index (χ3n) is 5.22. The summed E-state index contributed by atoms with van der Waals surface area (Å²) in [6.45, 7) is 7.07. The van der Waals surface area contributed by atoms with E-state index in [0.717, 1.165) is 18.5 Å². The molecule has 21 heavy (non-hydrogen) atoms. The van der Waals surface area contributed by atoms with Crippen molar-refractivity contribution >= 4 is 5.69 Å². The average molecular weight is 286 g/mol. The minimum Gasteiger partial charge on any atom is -0.367 e. The number of hydrogen-bond acceptors (Lipinski definition) is 2. The molecule has 0 aromatic heterocycles. The molecule has 1 saturated carbocycles. The van der Waals surface area contributed by atoms with E-state index in [0.29, 0.717) is 6.04 Å². The molecule has 0 saturated heterocycles. The number of nitrogens with one attached hydrogen (secondary N) is 1. The van der Waals surface area contributed by atoms with Crippen molar-refractivity contribution in [3.05, 3.63) is 29.8 Å². The number of nitrogens with zero attached hydrogens (tertiary/aromatic N) is 1. The second-order valence-corrected chi connectivity index (χ2v) is 7.18. The van der Waals surface area contributed by atoms with Crippen molar-refractivity contribution in [1.29, 1.82) is 0 Å². The monoisotopic (exact) mass is 286 g/mol. The van der Waals surface area contributed by atoms with Crippen LogP contribution in [0.15, 0.2) is 24.3 Å². The minimum atomic E-state index is 0.579. The van der Waals surface area contributed by atoms with Crippen molar-refractivity contribution in [2.75, 3.05) is 18.0 Å². The lowest BCUT2D eigenvalue weighted by Crippen LogP contribution is -2.47. The van der Waals surface area contributed by atoms with Gasteiger partial charge in [-0.3, -0.25) is 0 Å². The van der Waals surface area contributed by atoms with E-state index in [1.54, 1.807) is 0 Å². The summed E-state index contributed by atoms with van der Waals surface area (Å²) in [5.41, 5.74) is 2.99. The van der Waals surface area contributed by atoms with Crippen LogP contribution in [0.2, 0.25) is 0 Å². The molecule has 116 valence electrons. The second kappa shape index (κ2) is 6.83. The Bertz CT molecular complexity index is 451. The molecule has 2 unspecified atom stereocenters. The highest BCUT2D eigenvalue weighted by Gasteiger charge is 2.25. The van der Waals surface area contributed by atoms with Crippen LogP contribution in [0.4, 0.5) is 5.69 Å². The highest BCUT2D eigenvalue weighted by atomic mass is 15.2. The summed E-state index contributed by atoms with van der Waals surface area (Å²) in [5, 5.41) is 3.82. The highest BCUT2D eigenvalue weighted by molar-refractivity contribution is 5.56. The third-order valence-corrected chi connectivity index (χ3v) is 5.22. The highest BCUT2D eigenvalue weighted by Crippen LogP contribution is 2.30. The average Bonchev–Trinajstić information content (AvgIpc) is 2.52. The Balaban J connectivity index is 1.62. The van der Waals surface area contributed by atoms with Crippen LogP contribution in [0.25, 0.3) is 0 Å². The number of benzene rings is 1. The van der Waals surface area contributed by atoms with Crippen molar-refractivity contribution in [2.24, 2.45) is 5.92 Å². The quantitative estimate of drug-likeness (QED) is 0.900. The predicted octanol–water partition coefficient (Wildman–Crippen LogP) is 4.00. The summed E-state index contributed by atoms with van der Waals surface area (Å²) in [6, 6.07) is 10.3. The van der Waals surface area contributed by atoms with E-state index >= 15 is 0 Å². The van der Waals surface area contributed by atoms with Gasteiger partial charge in [0.25, 0.3) is 0 Å². The number of hydrogen-bond donors (Lipinski definition) is 1. The lowest BCUT2D eigenvalue weighted by Gasteiger charge is -2.40. The molecule has 2 atom stereocenters. The summed E-state index contributed by atoms with van der Waals surface area (Å²) >= 11 is 0. The van der Waals surface area contributed by atoms with Crippen LogP contribution < -0.4 is 10.2 Å². The Morgan fingerprint density at radius 1 is 1.19 bits per heavy atom. The smallest absolute Gasteiger partial charge is 0.0401 e. The van der Waals surface area contributed by atoms with E-state index in [1.807, 2.05) is 0 Å². The molecule has 2 heteroatoms. The van der Waals surface area contributed by atoms with Gasteiger partial charge in [-0.2, -0.15) is 0 Å². The van der Waals surface area contributed by atoms with E-state index in [-0.39, 0.29) is 0 Å². The summed E-state index contributed by atoms with van der Waals surface area (Å²) in [5.74, 6) is 0.761. The summed E-state index contributed by atoms with van der Waals surface area (Å²) in [4.78, 5) is 2.62. The maximum absolute atomic E-state index is 3.82. The van der Waals surface area contributed by atoms with Gasteiger partial charge >= 0.3 is 0 Å². The first kappa shape index (κ1) is 14.9. The zero-order valence-corrected chi connectivity index (χ0v) is 13.6. The van der Waals surface area contributed by atoms with Gasteiger partial charge in [0.05, 0.1) is 0 Å². The molecule has 0 spiro atoms. The minimum absolute atomic E-state index is 0.579. The van der Waals surface area contributed by atoms with E-state index in [1.165, 1.54) is 56.3 Å². The van der Waals surface area contributed by atoms with Crippen LogP contribution >= 0.6 is 0 Å². The van der Waals surface area contributed by atoms with Gasteiger partial charge < -0.3 is 10.2 Å². The van der Waals surface area contributed by atoms with E-state index in [2.05, 4.69) is 48.3 Å². The van der Waals surface area contributed by atoms with Gasteiger partial charge in [0, 0.05) is 30.9 Å². The molecule has 1 fully saturated rings. The molecule has 0 amide bonds. The maximum Gasteiger partial charge on any atom is 0.0401 e. The summed E-state index contributed by atoms with van der Waals surface area (Å²) in [7, 11) is 0. The van der Waals surface area contributed by atoms with Crippen LogP contribution in [-0.4, -0.2) is 25.2 Å². The van der Waals surface area contributed by atoms with Crippen molar-refractivity contribution in [3.63, 3.8) is 0 Å². The topological polar surface area (TPSA) is 15.3 Å². The lowest BCUT2D eigenvalue weighted by molar-refractivity contribution is 0.360. The molecule has 1 aromatic rings. The fourth-order valence-electron chi connectivity index (χ4n) is 4.01. The fourth-order valence-corrected chi connectivity index (χ4v) is 4.01. The summed E-state index contributed by atoms with van der Waals surface area (Å²) < 4.78 is 0. The molecule has 2 nitrogen and oxygen atoms in total. The molecule has 0 bridgehead atoms. The molecular formula is C19H30N2. The largest absolute Gasteiger partial charge is 0.367 e. The van der Waals surface area contributed by atoms with Crippen LogP contribution in [0.3, 0.4) is 0 Å². The number of para-hydroxylation sites is 1. The van der Waals surface area contributed by atoms with Gasteiger partial charge in [0.15, 0.2) is 0 Å². The van der Waals surface area contributed by atoms with Gasteiger partial charge in [0.1, 0.15) is 0 Å². The molecule has 1 N–H and O–H groups in total.